The zero-order valence-electron chi connectivity index (χ0n) is 9.66. The summed E-state index contributed by atoms with van der Waals surface area (Å²) in [5, 5.41) is 10.5. The van der Waals surface area contributed by atoms with Crippen molar-refractivity contribution >= 4 is 17.6 Å². The molecule has 0 aromatic heterocycles. The highest BCUT2D eigenvalue weighted by molar-refractivity contribution is 6.02. The highest BCUT2D eigenvalue weighted by Crippen LogP contribution is 2.20. The maximum absolute atomic E-state index is 11.5. The quantitative estimate of drug-likeness (QED) is 0.359. The lowest BCUT2D eigenvalue weighted by Crippen LogP contribution is -2.29. The molecular formula is C11H12N2O5. The molecule has 1 aromatic carbocycles. The molecular weight excluding hydrogens is 240 g/mol. The van der Waals surface area contributed by atoms with Crippen molar-refractivity contribution < 1.29 is 19.2 Å². The van der Waals surface area contributed by atoms with Gasteiger partial charge in [-0.05, 0) is 12.5 Å². The van der Waals surface area contributed by atoms with Gasteiger partial charge in [-0.25, -0.2) is 0 Å². The SMILES string of the molecule is CCOC(=O)C(C(N)=O)c1ccc([N+](=O)[O-])cc1. The lowest BCUT2D eigenvalue weighted by molar-refractivity contribution is -0.384. The van der Waals surface area contributed by atoms with Gasteiger partial charge in [0.2, 0.25) is 5.91 Å². The fourth-order valence-corrected chi connectivity index (χ4v) is 1.43. The number of amides is 1. The van der Waals surface area contributed by atoms with Crippen LogP contribution in [0.4, 0.5) is 5.69 Å². The van der Waals surface area contributed by atoms with Crippen molar-refractivity contribution in [2.24, 2.45) is 5.73 Å². The van der Waals surface area contributed by atoms with Gasteiger partial charge in [0.15, 0.2) is 5.92 Å². The summed E-state index contributed by atoms with van der Waals surface area (Å²) in [5.41, 5.74) is 5.26. The summed E-state index contributed by atoms with van der Waals surface area (Å²) in [5.74, 6) is -2.87. The molecule has 1 atom stereocenters. The van der Waals surface area contributed by atoms with Gasteiger partial charge in [0.05, 0.1) is 11.5 Å². The number of hydrogen-bond donors (Lipinski definition) is 1. The van der Waals surface area contributed by atoms with Crippen LogP contribution in [0.1, 0.15) is 18.4 Å². The van der Waals surface area contributed by atoms with Gasteiger partial charge < -0.3 is 10.5 Å². The number of nitrogens with zero attached hydrogens (tertiary/aromatic N) is 1. The first-order valence-corrected chi connectivity index (χ1v) is 5.17. The van der Waals surface area contributed by atoms with Crippen molar-refractivity contribution in [1.29, 1.82) is 0 Å². The summed E-state index contributed by atoms with van der Waals surface area (Å²) in [7, 11) is 0. The Bertz CT molecular complexity index is 469. The van der Waals surface area contributed by atoms with E-state index in [1.165, 1.54) is 24.3 Å². The van der Waals surface area contributed by atoms with E-state index >= 15 is 0 Å². The molecule has 0 aliphatic carbocycles. The van der Waals surface area contributed by atoms with Crippen LogP contribution >= 0.6 is 0 Å². The normalized spacial score (nSPS) is 11.6. The number of nitrogens with two attached hydrogens (primary N) is 1. The monoisotopic (exact) mass is 252 g/mol. The summed E-state index contributed by atoms with van der Waals surface area (Å²) in [4.78, 5) is 32.7. The Morgan fingerprint density at radius 3 is 2.33 bits per heavy atom. The number of carbonyl (C=O) groups excluding carboxylic acids is 2. The van der Waals surface area contributed by atoms with E-state index in [9.17, 15) is 19.7 Å². The van der Waals surface area contributed by atoms with Crippen LogP contribution < -0.4 is 5.73 Å². The maximum Gasteiger partial charge on any atom is 0.323 e. The summed E-state index contributed by atoms with van der Waals surface area (Å²) >= 11 is 0. The lowest BCUT2D eigenvalue weighted by atomic mass is 9.98. The smallest absolute Gasteiger partial charge is 0.323 e. The Balaban J connectivity index is 3.03. The molecule has 7 heteroatoms. The molecule has 96 valence electrons. The van der Waals surface area contributed by atoms with Gasteiger partial charge in [-0.15, -0.1) is 0 Å². The Labute approximate surface area is 103 Å². The molecule has 1 unspecified atom stereocenters. The first kappa shape index (κ1) is 13.6. The van der Waals surface area contributed by atoms with Crippen molar-refractivity contribution in [1.82, 2.24) is 0 Å². The van der Waals surface area contributed by atoms with E-state index in [0.717, 1.165) is 0 Å². The average Bonchev–Trinajstić information content (AvgIpc) is 2.29. The number of hydrogen-bond acceptors (Lipinski definition) is 5. The zero-order valence-corrected chi connectivity index (χ0v) is 9.66. The summed E-state index contributed by atoms with van der Waals surface area (Å²) in [6.07, 6.45) is 0. The van der Waals surface area contributed by atoms with E-state index in [4.69, 9.17) is 10.5 Å². The Hall–Kier alpha value is -2.44. The Morgan fingerprint density at radius 1 is 1.39 bits per heavy atom. The molecule has 1 amide bonds. The molecule has 0 bridgehead atoms. The fourth-order valence-electron chi connectivity index (χ4n) is 1.43. The van der Waals surface area contributed by atoms with Crippen molar-refractivity contribution in [2.75, 3.05) is 6.61 Å². The van der Waals surface area contributed by atoms with Crippen molar-refractivity contribution in [2.45, 2.75) is 12.8 Å². The van der Waals surface area contributed by atoms with Crippen LogP contribution in [0.5, 0.6) is 0 Å². The molecule has 18 heavy (non-hydrogen) atoms. The maximum atomic E-state index is 11.5. The van der Waals surface area contributed by atoms with Gasteiger partial charge in [0, 0.05) is 12.1 Å². The van der Waals surface area contributed by atoms with Gasteiger partial charge >= 0.3 is 5.97 Å². The molecule has 0 heterocycles. The van der Waals surface area contributed by atoms with Gasteiger partial charge in [0.1, 0.15) is 0 Å². The first-order chi connectivity index (χ1) is 8.47. The van der Waals surface area contributed by atoms with Crippen LogP contribution in [0.3, 0.4) is 0 Å². The third-order valence-corrected chi connectivity index (χ3v) is 2.24. The van der Waals surface area contributed by atoms with E-state index in [1.807, 2.05) is 0 Å². The van der Waals surface area contributed by atoms with Gasteiger partial charge in [0.25, 0.3) is 5.69 Å². The lowest BCUT2D eigenvalue weighted by Gasteiger charge is -2.12. The number of ether oxygens (including phenoxy) is 1. The molecule has 2 N–H and O–H groups in total. The number of nitro groups is 1. The minimum absolute atomic E-state index is 0.121. The van der Waals surface area contributed by atoms with E-state index in [-0.39, 0.29) is 17.9 Å². The molecule has 0 fully saturated rings. The molecule has 7 nitrogen and oxygen atoms in total. The summed E-state index contributed by atoms with van der Waals surface area (Å²) in [6.45, 7) is 1.72. The summed E-state index contributed by atoms with van der Waals surface area (Å²) < 4.78 is 4.72. The second kappa shape index (κ2) is 5.76. The van der Waals surface area contributed by atoms with Crippen LogP contribution in [0.25, 0.3) is 0 Å². The number of non-ortho nitro benzene ring substituents is 1. The van der Waals surface area contributed by atoms with Crippen LogP contribution in [0.2, 0.25) is 0 Å². The Kier molecular flexibility index (Phi) is 4.36. The van der Waals surface area contributed by atoms with Crippen LogP contribution in [0, 0.1) is 10.1 Å². The minimum atomic E-state index is -1.24. The topological polar surface area (TPSA) is 113 Å². The highest BCUT2D eigenvalue weighted by atomic mass is 16.6. The zero-order chi connectivity index (χ0) is 13.7. The number of nitro benzene ring substituents is 1. The predicted octanol–water partition coefficient (Wildman–Crippen LogP) is 0.727. The van der Waals surface area contributed by atoms with E-state index in [2.05, 4.69) is 0 Å². The average molecular weight is 252 g/mol. The second-order valence-corrected chi connectivity index (χ2v) is 3.44. The second-order valence-electron chi connectivity index (χ2n) is 3.44. The van der Waals surface area contributed by atoms with E-state index < -0.39 is 22.7 Å². The predicted molar refractivity (Wildman–Crippen MR) is 61.7 cm³/mol. The Morgan fingerprint density at radius 2 is 1.94 bits per heavy atom. The van der Waals surface area contributed by atoms with Crippen molar-refractivity contribution in [3.63, 3.8) is 0 Å². The summed E-state index contributed by atoms with van der Waals surface area (Å²) in [6, 6.07) is 5.02. The third-order valence-electron chi connectivity index (χ3n) is 2.24. The first-order valence-electron chi connectivity index (χ1n) is 5.17. The molecule has 1 aromatic rings. The van der Waals surface area contributed by atoms with Gasteiger partial charge in [-0.2, -0.15) is 0 Å². The standard InChI is InChI=1S/C11H12N2O5/c1-2-18-11(15)9(10(12)14)7-3-5-8(6-4-7)13(16)17/h3-6,9H,2H2,1H3,(H2,12,14). The molecule has 1 rings (SSSR count). The molecule has 0 spiro atoms. The molecule has 0 saturated heterocycles. The molecule has 0 saturated carbocycles. The largest absolute Gasteiger partial charge is 0.465 e. The number of esters is 1. The third kappa shape index (κ3) is 3.03. The number of rotatable bonds is 5. The number of benzene rings is 1. The molecule has 0 radical (unpaired) electrons. The van der Waals surface area contributed by atoms with E-state index in [1.54, 1.807) is 6.92 Å². The fraction of sp³-hybridized carbons (Fsp3) is 0.273. The van der Waals surface area contributed by atoms with Crippen LogP contribution in [-0.2, 0) is 14.3 Å². The molecule has 0 aliphatic heterocycles. The van der Waals surface area contributed by atoms with Crippen LogP contribution in [0.15, 0.2) is 24.3 Å². The number of primary amides is 1. The number of carbonyl (C=O) groups is 2. The van der Waals surface area contributed by atoms with Crippen molar-refractivity contribution in [3.05, 3.63) is 39.9 Å². The van der Waals surface area contributed by atoms with Crippen LogP contribution in [-0.4, -0.2) is 23.4 Å². The highest BCUT2D eigenvalue weighted by Gasteiger charge is 2.28. The minimum Gasteiger partial charge on any atom is -0.465 e. The molecule has 0 aliphatic rings. The van der Waals surface area contributed by atoms with Gasteiger partial charge in [-0.3, -0.25) is 19.7 Å². The van der Waals surface area contributed by atoms with Crippen molar-refractivity contribution in [3.8, 4) is 0 Å². The van der Waals surface area contributed by atoms with Gasteiger partial charge in [-0.1, -0.05) is 12.1 Å². The van der Waals surface area contributed by atoms with E-state index in [0.29, 0.717) is 0 Å².